The first-order valence-corrected chi connectivity index (χ1v) is 7.67. The molecule has 5 heteroatoms. The van der Waals surface area contributed by atoms with E-state index in [1.54, 1.807) is 18.2 Å². The highest BCUT2D eigenvalue weighted by Gasteiger charge is 2.44. The molecule has 4 rings (SSSR count). The summed E-state index contributed by atoms with van der Waals surface area (Å²) >= 11 is 0. The molecule has 2 unspecified atom stereocenters. The third-order valence-electron chi connectivity index (χ3n) is 4.25. The van der Waals surface area contributed by atoms with Gasteiger partial charge in [0.05, 0.1) is 5.69 Å². The molecule has 1 aliphatic heterocycles. The predicted molar refractivity (Wildman–Crippen MR) is 83.3 cm³/mol. The fraction of sp³-hybridized carbons (Fsp3) is 0.278. The first kappa shape index (κ1) is 14.1. The van der Waals surface area contributed by atoms with Crippen LogP contribution in [0, 0.1) is 11.7 Å². The largest absolute Gasteiger partial charge is 0.486 e. The molecule has 0 bridgehead atoms. The summed E-state index contributed by atoms with van der Waals surface area (Å²) in [6.07, 6.45) is 0.764. The number of nitrogens with one attached hydrogen (secondary N) is 1. The molecule has 1 aliphatic carbocycles. The summed E-state index contributed by atoms with van der Waals surface area (Å²) in [5, 5.41) is 2.66. The Labute approximate surface area is 133 Å². The summed E-state index contributed by atoms with van der Waals surface area (Å²) in [7, 11) is 0. The van der Waals surface area contributed by atoms with Crippen molar-refractivity contribution in [2.24, 2.45) is 5.92 Å². The number of halogens is 1. The zero-order valence-corrected chi connectivity index (χ0v) is 12.4. The van der Waals surface area contributed by atoms with Crippen LogP contribution in [0.1, 0.15) is 17.9 Å². The van der Waals surface area contributed by atoms with E-state index < -0.39 is 5.82 Å². The minimum Gasteiger partial charge on any atom is -0.486 e. The van der Waals surface area contributed by atoms with Crippen molar-refractivity contribution in [1.29, 1.82) is 0 Å². The molecule has 2 aliphatic rings. The van der Waals surface area contributed by atoms with Crippen molar-refractivity contribution in [3.05, 3.63) is 53.8 Å². The number of hydrogen-bond donors (Lipinski definition) is 1. The Morgan fingerprint density at radius 1 is 1.09 bits per heavy atom. The Bertz CT molecular complexity index is 762. The van der Waals surface area contributed by atoms with E-state index >= 15 is 0 Å². The number of rotatable bonds is 3. The number of ether oxygens (including phenoxy) is 2. The minimum atomic E-state index is -0.419. The second-order valence-corrected chi connectivity index (χ2v) is 5.82. The van der Waals surface area contributed by atoms with Gasteiger partial charge in [-0.25, -0.2) is 4.39 Å². The number of hydrogen-bond acceptors (Lipinski definition) is 3. The van der Waals surface area contributed by atoms with Crippen molar-refractivity contribution in [2.75, 3.05) is 18.5 Å². The molecule has 2 atom stereocenters. The Hall–Kier alpha value is -2.56. The maximum atomic E-state index is 13.6. The van der Waals surface area contributed by atoms with E-state index in [1.807, 2.05) is 18.2 Å². The van der Waals surface area contributed by atoms with Crippen LogP contribution in [-0.2, 0) is 4.79 Å². The average Bonchev–Trinajstić information content (AvgIpc) is 3.37. The van der Waals surface area contributed by atoms with Crippen LogP contribution in [0.3, 0.4) is 0 Å². The van der Waals surface area contributed by atoms with Crippen molar-refractivity contribution >= 4 is 11.6 Å². The van der Waals surface area contributed by atoms with Gasteiger partial charge < -0.3 is 14.8 Å². The van der Waals surface area contributed by atoms with Crippen LogP contribution >= 0.6 is 0 Å². The van der Waals surface area contributed by atoms with Gasteiger partial charge >= 0.3 is 0 Å². The second kappa shape index (κ2) is 5.57. The molecule has 118 valence electrons. The highest BCUT2D eigenvalue weighted by Crippen LogP contribution is 2.49. The quantitative estimate of drug-likeness (QED) is 0.945. The monoisotopic (exact) mass is 313 g/mol. The predicted octanol–water partition coefficient (Wildman–Crippen LogP) is 3.34. The Balaban J connectivity index is 1.45. The number of para-hydroxylation sites is 1. The third-order valence-corrected chi connectivity index (χ3v) is 4.25. The molecule has 1 N–H and O–H groups in total. The highest BCUT2D eigenvalue weighted by atomic mass is 19.1. The van der Waals surface area contributed by atoms with E-state index in [2.05, 4.69) is 5.32 Å². The van der Waals surface area contributed by atoms with Crippen LogP contribution < -0.4 is 14.8 Å². The maximum absolute atomic E-state index is 13.6. The van der Waals surface area contributed by atoms with Gasteiger partial charge in [-0.3, -0.25) is 4.79 Å². The number of amides is 1. The van der Waals surface area contributed by atoms with Crippen molar-refractivity contribution in [1.82, 2.24) is 0 Å². The summed E-state index contributed by atoms with van der Waals surface area (Å²) in [6, 6.07) is 12.0. The second-order valence-electron chi connectivity index (χ2n) is 5.82. The molecule has 23 heavy (non-hydrogen) atoms. The molecule has 0 saturated heterocycles. The van der Waals surface area contributed by atoms with E-state index in [0.717, 1.165) is 23.5 Å². The zero-order chi connectivity index (χ0) is 15.8. The number of carbonyl (C=O) groups excluding carboxylic acids is 1. The summed E-state index contributed by atoms with van der Waals surface area (Å²) in [5.74, 6) is 0.934. The van der Waals surface area contributed by atoms with Crippen molar-refractivity contribution in [3.63, 3.8) is 0 Å². The normalized spacial score (nSPS) is 21.6. The van der Waals surface area contributed by atoms with Crippen LogP contribution in [-0.4, -0.2) is 19.1 Å². The number of carbonyl (C=O) groups is 1. The molecule has 0 spiro atoms. The SMILES string of the molecule is O=C(Nc1ccccc1F)C1CC1c1ccc2c(c1)OCCO2. The number of fused-ring (bicyclic) bond motifs is 1. The summed E-state index contributed by atoms with van der Waals surface area (Å²) in [4.78, 5) is 12.3. The van der Waals surface area contributed by atoms with Gasteiger partial charge in [-0.2, -0.15) is 0 Å². The Morgan fingerprint density at radius 3 is 2.70 bits per heavy atom. The van der Waals surface area contributed by atoms with Gasteiger partial charge in [-0.1, -0.05) is 18.2 Å². The molecule has 0 aromatic heterocycles. The average molecular weight is 313 g/mol. The Kier molecular flexibility index (Phi) is 3.41. The molecule has 4 nitrogen and oxygen atoms in total. The van der Waals surface area contributed by atoms with Crippen LogP contribution in [0.2, 0.25) is 0 Å². The Morgan fingerprint density at radius 2 is 1.87 bits per heavy atom. The summed E-state index contributed by atoms with van der Waals surface area (Å²) in [5.41, 5.74) is 1.29. The molecule has 1 saturated carbocycles. The zero-order valence-electron chi connectivity index (χ0n) is 12.4. The van der Waals surface area contributed by atoms with Crippen LogP contribution in [0.5, 0.6) is 11.5 Å². The number of benzene rings is 2. The van der Waals surface area contributed by atoms with E-state index in [0.29, 0.717) is 13.2 Å². The van der Waals surface area contributed by atoms with E-state index in [1.165, 1.54) is 6.07 Å². The van der Waals surface area contributed by atoms with Gasteiger partial charge in [-0.05, 0) is 42.2 Å². The molecule has 1 fully saturated rings. The summed E-state index contributed by atoms with van der Waals surface area (Å²) < 4.78 is 24.7. The third kappa shape index (κ3) is 2.74. The lowest BCUT2D eigenvalue weighted by Crippen LogP contribution is -2.16. The molecule has 1 amide bonds. The van der Waals surface area contributed by atoms with Gasteiger partial charge in [0.1, 0.15) is 19.0 Å². The molecular formula is C18H16FNO3. The van der Waals surface area contributed by atoms with Crippen molar-refractivity contribution < 1.29 is 18.7 Å². The summed E-state index contributed by atoms with van der Waals surface area (Å²) in [6.45, 7) is 1.10. The van der Waals surface area contributed by atoms with E-state index in [9.17, 15) is 9.18 Å². The topological polar surface area (TPSA) is 47.6 Å². The first-order valence-electron chi connectivity index (χ1n) is 7.67. The van der Waals surface area contributed by atoms with E-state index in [-0.39, 0.29) is 23.4 Å². The van der Waals surface area contributed by atoms with Gasteiger partial charge in [0.2, 0.25) is 5.91 Å². The van der Waals surface area contributed by atoms with Crippen LogP contribution in [0.4, 0.5) is 10.1 Å². The first-order chi connectivity index (χ1) is 11.2. The van der Waals surface area contributed by atoms with Crippen LogP contribution in [0.25, 0.3) is 0 Å². The molecular weight excluding hydrogens is 297 g/mol. The van der Waals surface area contributed by atoms with Crippen molar-refractivity contribution in [2.45, 2.75) is 12.3 Å². The van der Waals surface area contributed by atoms with Crippen LogP contribution in [0.15, 0.2) is 42.5 Å². The number of anilines is 1. The maximum Gasteiger partial charge on any atom is 0.228 e. The lowest BCUT2D eigenvalue weighted by Gasteiger charge is -2.18. The van der Waals surface area contributed by atoms with Gasteiger partial charge in [-0.15, -0.1) is 0 Å². The van der Waals surface area contributed by atoms with Crippen molar-refractivity contribution in [3.8, 4) is 11.5 Å². The molecule has 2 aromatic rings. The fourth-order valence-corrected chi connectivity index (χ4v) is 2.93. The van der Waals surface area contributed by atoms with Gasteiger partial charge in [0.25, 0.3) is 0 Å². The molecule has 0 radical (unpaired) electrons. The highest BCUT2D eigenvalue weighted by molar-refractivity contribution is 5.95. The fourth-order valence-electron chi connectivity index (χ4n) is 2.93. The van der Waals surface area contributed by atoms with Gasteiger partial charge in [0.15, 0.2) is 11.5 Å². The molecule has 2 aromatic carbocycles. The van der Waals surface area contributed by atoms with Gasteiger partial charge in [0, 0.05) is 5.92 Å². The lowest BCUT2D eigenvalue weighted by atomic mass is 10.1. The lowest BCUT2D eigenvalue weighted by molar-refractivity contribution is -0.117. The standard InChI is InChI=1S/C18H16FNO3/c19-14-3-1-2-4-15(14)20-18(21)13-10-12(13)11-5-6-16-17(9-11)23-8-7-22-16/h1-6,9,12-13H,7-8,10H2,(H,20,21). The molecule has 1 heterocycles. The minimum absolute atomic E-state index is 0.128. The smallest absolute Gasteiger partial charge is 0.228 e. The van der Waals surface area contributed by atoms with E-state index in [4.69, 9.17) is 9.47 Å².